The molecule has 2 amide bonds. The van der Waals surface area contributed by atoms with E-state index in [-0.39, 0.29) is 30.7 Å². The molecule has 13 nitrogen and oxygen atoms in total. The van der Waals surface area contributed by atoms with Gasteiger partial charge in [-0.1, -0.05) is 6.92 Å². The average molecular weight is 755 g/mol. The number of carbonyl (C=O) groups is 2. The van der Waals surface area contributed by atoms with Crippen molar-refractivity contribution in [3.8, 4) is 6.07 Å². The van der Waals surface area contributed by atoms with Crippen molar-refractivity contribution in [3.05, 3.63) is 48.0 Å². The van der Waals surface area contributed by atoms with Crippen LogP contribution in [0.15, 0.2) is 36.4 Å². The Balaban J connectivity index is 0.000000233. The van der Waals surface area contributed by atoms with E-state index < -0.39 is 39.6 Å². The van der Waals surface area contributed by atoms with Crippen LogP contribution in [0.25, 0.3) is 0 Å². The lowest BCUT2D eigenvalue weighted by molar-refractivity contribution is 0.139. The van der Waals surface area contributed by atoms with Crippen molar-refractivity contribution >= 4 is 56.5 Å². The topological polar surface area (TPSA) is 170 Å². The van der Waals surface area contributed by atoms with E-state index in [1.54, 1.807) is 44.2 Å². The van der Waals surface area contributed by atoms with Gasteiger partial charge >= 0.3 is 12.2 Å². The van der Waals surface area contributed by atoms with E-state index in [0.29, 0.717) is 85.0 Å². The van der Waals surface area contributed by atoms with Crippen LogP contribution < -0.4 is 25.3 Å². The van der Waals surface area contributed by atoms with Gasteiger partial charge in [-0.25, -0.2) is 18.4 Å². The van der Waals surface area contributed by atoms with Crippen LogP contribution in [0.5, 0.6) is 0 Å². The monoisotopic (exact) mass is 754 g/mol. The van der Waals surface area contributed by atoms with Gasteiger partial charge in [0.05, 0.1) is 41.9 Å². The summed E-state index contributed by atoms with van der Waals surface area (Å²) < 4.78 is 61.8. The average Bonchev–Trinajstić information content (AvgIpc) is 3.67. The van der Waals surface area contributed by atoms with Gasteiger partial charge in [-0.05, 0) is 56.7 Å². The lowest BCUT2D eigenvalue weighted by Gasteiger charge is -2.29. The molecule has 0 aromatic heterocycles. The van der Waals surface area contributed by atoms with Crippen LogP contribution in [-0.4, -0.2) is 113 Å². The number of halogens is 2. The van der Waals surface area contributed by atoms with Crippen LogP contribution in [0.3, 0.4) is 0 Å². The Hall–Kier alpha value is -3.85. The molecular formula is C34H48F2N6O7S2. The number of nitrogens with two attached hydrogens (primary N) is 1. The Bertz CT molecular complexity index is 1450. The summed E-state index contributed by atoms with van der Waals surface area (Å²) in [6.07, 6.45) is -0.837. The van der Waals surface area contributed by atoms with Crippen LogP contribution in [0, 0.1) is 23.0 Å². The van der Waals surface area contributed by atoms with Crippen LogP contribution in [0.4, 0.5) is 41.1 Å². The van der Waals surface area contributed by atoms with Gasteiger partial charge in [0, 0.05) is 90.4 Å². The summed E-state index contributed by atoms with van der Waals surface area (Å²) in [5, 5.41) is 15.4. The van der Waals surface area contributed by atoms with Gasteiger partial charge < -0.3 is 30.1 Å². The Labute approximate surface area is 303 Å². The molecule has 17 heteroatoms. The lowest BCUT2D eigenvalue weighted by Crippen LogP contribution is -2.38. The molecule has 0 aliphatic carbocycles. The summed E-state index contributed by atoms with van der Waals surface area (Å²) in [6.45, 7) is 10.2. The van der Waals surface area contributed by atoms with Crippen LogP contribution >= 0.6 is 0 Å². The van der Waals surface area contributed by atoms with Gasteiger partial charge in [-0.15, -0.1) is 0 Å². The summed E-state index contributed by atoms with van der Waals surface area (Å²) in [6, 6.07) is 11.2. The quantitative estimate of drug-likeness (QED) is 0.441. The summed E-state index contributed by atoms with van der Waals surface area (Å²) >= 11 is 0. The molecule has 4 fully saturated rings. The van der Waals surface area contributed by atoms with Crippen molar-refractivity contribution in [2.75, 3.05) is 88.4 Å². The van der Waals surface area contributed by atoms with Crippen molar-refractivity contribution in [2.45, 2.75) is 52.4 Å². The molecule has 4 aliphatic heterocycles. The van der Waals surface area contributed by atoms with E-state index in [4.69, 9.17) is 25.6 Å². The second kappa shape index (κ2) is 20.3. The number of nitriles is 1. The van der Waals surface area contributed by atoms with Crippen molar-refractivity contribution in [2.24, 2.45) is 5.73 Å². The number of nitrogens with zero attached hydrogens (tertiary/aromatic N) is 5. The zero-order valence-corrected chi connectivity index (χ0v) is 31.1. The van der Waals surface area contributed by atoms with Gasteiger partial charge in [-0.3, -0.25) is 18.2 Å². The molecule has 282 valence electrons. The summed E-state index contributed by atoms with van der Waals surface area (Å²) in [5.41, 5.74) is 7.44. The first kappa shape index (κ1) is 41.6. The molecule has 0 spiro atoms. The molecule has 3 N–H and O–H groups in total. The molecule has 0 radical (unpaired) electrons. The normalized spacial score (nSPS) is 20.7. The Morgan fingerprint density at radius 3 is 1.49 bits per heavy atom. The maximum Gasteiger partial charge on any atom is 0.414 e. The fraction of sp³-hybridized carbons (Fsp3) is 0.559. The largest absolute Gasteiger partial charge is 0.444 e. The first-order chi connectivity index (χ1) is 24.3. The number of carbonyl (C=O) groups excluding carboxylic acids is 2. The smallest absolute Gasteiger partial charge is 0.414 e. The molecule has 51 heavy (non-hydrogen) atoms. The SMILES string of the molecule is CC#N.CC(C)O.CC[C@H]1CN(c2ccc(N3CCS(=O)CC3)c(F)c2)C(=O)O1.NC[C@H]1CN(c2ccc(N3CCS(=O)CC3)c(F)c2)C(=O)O1. The summed E-state index contributed by atoms with van der Waals surface area (Å²) in [7, 11) is -1.59. The third-order valence-corrected chi connectivity index (χ3v) is 10.5. The molecule has 4 saturated heterocycles. The summed E-state index contributed by atoms with van der Waals surface area (Å²) in [4.78, 5) is 30.2. The number of rotatable bonds is 6. The van der Waals surface area contributed by atoms with Gasteiger partial charge in [-0.2, -0.15) is 5.26 Å². The van der Waals surface area contributed by atoms with Crippen molar-refractivity contribution in [1.29, 1.82) is 5.26 Å². The van der Waals surface area contributed by atoms with E-state index in [0.717, 1.165) is 6.42 Å². The minimum Gasteiger partial charge on any atom is -0.444 e. The Morgan fingerprint density at radius 2 is 1.20 bits per heavy atom. The molecular weight excluding hydrogens is 707 g/mol. The number of anilines is 4. The molecule has 0 bridgehead atoms. The predicted octanol–water partition coefficient (Wildman–Crippen LogP) is 3.72. The molecule has 2 aromatic carbocycles. The number of ether oxygens (including phenoxy) is 2. The van der Waals surface area contributed by atoms with Crippen molar-refractivity contribution < 1.29 is 41.4 Å². The molecule has 4 aliphatic rings. The fourth-order valence-corrected chi connectivity index (χ4v) is 7.50. The maximum atomic E-state index is 14.4. The highest BCUT2D eigenvalue weighted by atomic mass is 32.2. The molecule has 2 atom stereocenters. The number of benzene rings is 2. The van der Waals surface area contributed by atoms with E-state index in [2.05, 4.69) is 0 Å². The number of amides is 2. The zero-order valence-electron chi connectivity index (χ0n) is 29.5. The van der Waals surface area contributed by atoms with Crippen molar-refractivity contribution in [1.82, 2.24) is 0 Å². The van der Waals surface area contributed by atoms with E-state index >= 15 is 0 Å². The third-order valence-electron chi connectivity index (χ3n) is 7.99. The van der Waals surface area contributed by atoms with E-state index in [1.165, 1.54) is 28.9 Å². The molecule has 4 heterocycles. The lowest BCUT2D eigenvalue weighted by atomic mass is 10.2. The first-order valence-corrected chi connectivity index (χ1v) is 19.7. The fourth-order valence-electron chi connectivity index (χ4n) is 5.40. The standard InChI is InChI=1S/C15H19FN2O3S.C14H18FN3O3S.C3H8O.C2H3N/c1-2-12-10-18(15(19)21-12)11-3-4-14(13(16)9-11)17-5-7-22(20)8-6-17;15-12-7-10(18-9-11(8-16)21-14(18)19)1-2-13(12)17-3-5-22(20)6-4-17;1-3(2)4;1-2-3/h3-4,9,12H,2,5-8,10H2,1H3;1-2,7,11H,3-6,8-9,16H2;3-4H,1-2H3;1H3/t12-;11-;;/m00../s1. The van der Waals surface area contributed by atoms with Crippen LogP contribution in [0.1, 0.15) is 34.1 Å². The molecule has 0 saturated carbocycles. The third kappa shape index (κ3) is 12.1. The number of cyclic esters (lactones) is 2. The Kier molecular flexibility index (Phi) is 16.5. The van der Waals surface area contributed by atoms with Gasteiger partial charge in [0.15, 0.2) is 0 Å². The van der Waals surface area contributed by atoms with Crippen LogP contribution in [0.2, 0.25) is 0 Å². The minimum atomic E-state index is -0.803. The second-order valence-corrected chi connectivity index (χ2v) is 15.5. The van der Waals surface area contributed by atoms with Crippen LogP contribution in [-0.2, 0) is 31.1 Å². The number of aliphatic hydroxyl groups excluding tert-OH is 1. The Morgan fingerprint density at radius 1 is 0.843 bits per heavy atom. The highest BCUT2D eigenvalue weighted by Gasteiger charge is 2.33. The van der Waals surface area contributed by atoms with Gasteiger partial charge in [0.1, 0.15) is 23.8 Å². The molecule has 2 aromatic rings. The minimum absolute atomic E-state index is 0.132. The maximum absolute atomic E-state index is 14.4. The van der Waals surface area contributed by atoms with E-state index in [9.17, 15) is 26.8 Å². The molecule has 6 rings (SSSR count). The highest BCUT2D eigenvalue weighted by molar-refractivity contribution is 7.85. The van der Waals surface area contributed by atoms with Crippen molar-refractivity contribution in [3.63, 3.8) is 0 Å². The van der Waals surface area contributed by atoms with Gasteiger partial charge in [0.25, 0.3) is 0 Å². The molecule has 0 unspecified atom stereocenters. The predicted molar refractivity (Wildman–Crippen MR) is 196 cm³/mol. The number of hydrogen-bond acceptors (Lipinski definition) is 11. The van der Waals surface area contributed by atoms with Gasteiger partial charge in [0.2, 0.25) is 0 Å². The number of hydrogen-bond donors (Lipinski definition) is 2. The van der Waals surface area contributed by atoms with E-state index in [1.807, 2.05) is 16.7 Å². The summed E-state index contributed by atoms with van der Waals surface area (Å²) in [5.74, 6) is 1.48. The highest BCUT2D eigenvalue weighted by Crippen LogP contribution is 2.30. The second-order valence-electron chi connectivity index (χ2n) is 12.1. The zero-order chi connectivity index (χ0) is 37.7. The number of aliphatic hydroxyl groups is 1. The first-order valence-electron chi connectivity index (χ1n) is 16.8.